The van der Waals surface area contributed by atoms with Crippen LogP contribution in [0.4, 0.5) is 0 Å². The fourth-order valence-electron chi connectivity index (χ4n) is 7.48. The van der Waals surface area contributed by atoms with Crippen LogP contribution >= 0.6 is 0 Å². The van der Waals surface area contributed by atoms with Crippen molar-refractivity contribution in [3.63, 3.8) is 0 Å². The van der Waals surface area contributed by atoms with Crippen LogP contribution in [0.2, 0.25) is 0 Å². The van der Waals surface area contributed by atoms with E-state index in [0.29, 0.717) is 24.2 Å². The summed E-state index contributed by atoms with van der Waals surface area (Å²) in [6.07, 6.45) is 11.2. The maximum atomic E-state index is 12.8. The van der Waals surface area contributed by atoms with Crippen molar-refractivity contribution in [2.45, 2.75) is 58.8 Å². The van der Waals surface area contributed by atoms with Gasteiger partial charge >= 0.3 is 11.9 Å². The molecule has 0 amide bonds. The van der Waals surface area contributed by atoms with Crippen molar-refractivity contribution in [3.8, 4) is 0 Å². The summed E-state index contributed by atoms with van der Waals surface area (Å²) in [5, 5.41) is 9.17. The number of aliphatic carboxylic acids is 1. The fourth-order valence-corrected chi connectivity index (χ4v) is 7.48. The van der Waals surface area contributed by atoms with Crippen molar-refractivity contribution in [1.29, 1.82) is 0 Å². The van der Waals surface area contributed by atoms with Gasteiger partial charge in [-0.2, -0.15) is 0 Å². The third-order valence-corrected chi connectivity index (χ3v) is 9.02. The number of carbonyl (C=O) groups excluding carboxylic acids is 2. The van der Waals surface area contributed by atoms with E-state index in [1.165, 1.54) is 7.11 Å². The molecule has 3 saturated carbocycles. The van der Waals surface area contributed by atoms with Gasteiger partial charge in [-0.1, -0.05) is 25.5 Å². The van der Waals surface area contributed by atoms with E-state index >= 15 is 0 Å². The van der Waals surface area contributed by atoms with Gasteiger partial charge in [-0.25, -0.2) is 0 Å². The average molecular weight is 401 g/mol. The van der Waals surface area contributed by atoms with Gasteiger partial charge in [0.25, 0.3) is 0 Å². The standard InChI is InChI=1S/C24H32O5/c1-23-11-9-19-21(18(23)6-4-14(23)5-7-20(26)27)17(22(28)29-3)13-15-12-16(25)8-10-24(15,19)2/h8,10,12,14,17-19,21H,4-7,9,11,13H2,1-3H3,(H,26,27)/t14?,17-,18+,19+,21+,23-,24+/m1/s1. The summed E-state index contributed by atoms with van der Waals surface area (Å²) >= 11 is 0. The molecule has 0 aliphatic heterocycles. The molecule has 0 aromatic carbocycles. The molecule has 0 bridgehead atoms. The largest absolute Gasteiger partial charge is 0.481 e. The molecule has 0 saturated heterocycles. The number of ketones is 1. The molecule has 0 radical (unpaired) electrons. The molecule has 5 heteroatoms. The van der Waals surface area contributed by atoms with Gasteiger partial charge < -0.3 is 9.84 Å². The highest BCUT2D eigenvalue weighted by Crippen LogP contribution is 2.67. The van der Waals surface area contributed by atoms with Gasteiger partial charge in [0.15, 0.2) is 5.78 Å². The van der Waals surface area contributed by atoms with E-state index in [0.717, 1.165) is 37.7 Å². The number of esters is 1. The van der Waals surface area contributed by atoms with Crippen LogP contribution in [-0.4, -0.2) is 29.9 Å². The molecule has 5 nitrogen and oxygen atoms in total. The molecule has 0 aromatic heterocycles. The second-order valence-electron chi connectivity index (χ2n) is 10.1. The number of carboxylic acids is 1. The predicted octanol–water partition coefficient (Wildman–Crippen LogP) is 4.17. The summed E-state index contributed by atoms with van der Waals surface area (Å²) in [5.74, 6) is 0.229. The van der Waals surface area contributed by atoms with Crippen LogP contribution in [0.5, 0.6) is 0 Å². The maximum absolute atomic E-state index is 12.8. The Hall–Kier alpha value is -1.91. The number of carbonyl (C=O) groups is 3. The summed E-state index contributed by atoms with van der Waals surface area (Å²) in [6.45, 7) is 4.56. The molecule has 3 fully saturated rings. The fraction of sp³-hybridized carbons (Fsp3) is 0.708. The molecule has 0 heterocycles. The van der Waals surface area contributed by atoms with Crippen molar-refractivity contribution < 1.29 is 24.2 Å². The second kappa shape index (κ2) is 7.10. The SMILES string of the molecule is COC(=O)[C@@H]1CC2=CC(=O)C=C[C@]2(C)[C@H]2CC[C@]3(C)C(CCC(=O)O)CC[C@H]3[C@H]12. The minimum Gasteiger partial charge on any atom is -0.481 e. The lowest BCUT2D eigenvalue weighted by molar-refractivity contribution is -0.156. The summed E-state index contributed by atoms with van der Waals surface area (Å²) in [4.78, 5) is 36.0. The van der Waals surface area contributed by atoms with Gasteiger partial charge in [-0.3, -0.25) is 14.4 Å². The zero-order valence-electron chi connectivity index (χ0n) is 17.6. The van der Waals surface area contributed by atoms with E-state index in [9.17, 15) is 19.5 Å². The number of hydrogen-bond donors (Lipinski definition) is 1. The Morgan fingerprint density at radius 1 is 1.21 bits per heavy atom. The molecule has 7 atom stereocenters. The monoisotopic (exact) mass is 400 g/mol. The second-order valence-corrected chi connectivity index (χ2v) is 10.1. The van der Waals surface area contributed by atoms with Crippen LogP contribution in [0.15, 0.2) is 23.8 Å². The van der Waals surface area contributed by atoms with Gasteiger partial charge in [0, 0.05) is 11.8 Å². The van der Waals surface area contributed by atoms with E-state index < -0.39 is 5.97 Å². The first-order valence-corrected chi connectivity index (χ1v) is 10.9. The Morgan fingerprint density at radius 2 is 1.97 bits per heavy atom. The molecule has 1 unspecified atom stereocenters. The van der Waals surface area contributed by atoms with Crippen LogP contribution < -0.4 is 0 Å². The molecular formula is C24H32O5. The summed E-state index contributed by atoms with van der Waals surface area (Å²) < 4.78 is 5.22. The Balaban J connectivity index is 1.70. The topological polar surface area (TPSA) is 80.7 Å². The first-order valence-electron chi connectivity index (χ1n) is 10.9. The van der Waals surface area contributed by atoms with E-state index in [-0.39, 0.29) is 40.8 Å². The Kier molecular flexibility index (Phi) is 4.99. The number of ether oxygens (including phenoxy) is 1. The minimum atomic E-state index is -0.727. The highest BCUT2D eigenvalue weighted by molar-refractivity contribution is 6.01. The van der Waals surface area contributed by atoms with Gasteiger partial charge in [0.05, 0.1) is 13.0 Å². The molecule has 158 valence electrons. The van der Waals surface area contributed by atoms with E-state index in [2.05, 4.69) is 19.9 Å². The van der Waals surface area contributed by atoms with E-state index in [1.54, 1.807) is 12.2 Å². The number of allylic oxidation sites excluding steroid dienone is 4. The number of methoxy groups -OCH3 is 1. The molecule has 29 heavy (non-hydrogen) atoms. The quantitative estimate of drug-likeness (QED) is 0.716. The number of hydrogen-bond acceptors (Lipinski definition) is 4. The zero-order valence-corrected chi connectivity index (χ0v) is 17.6. The first kappa shape index (κ1) is 20.4. The third kappa shape index (κ3) is 3.08. The number of fused-ring (bicyclic) bond motifs is 5. The predicted molar refractivity (Wildman–Crippen MR) is 108 cm³/mol. The van der Waals surface area contributed by atoms with Gasteiger partial charge in [0.1, 0.15) is 0 Å². The van der Waals surface area contributed by atoms with Crippen LogP contribution in [0.3, 0.4) is 0 Å². The van der Waals surface area contributed by atoms with Crippen molar-refractivity contribution in [2.75, 3.05) is 7.11 Å². The normalized spacial score (nSPS) is 43.1. The minimum absolute atomic E-state index is 0.00906. The molecule has 4 aliphatic rings. The first-order chi connectivity index (χ1) is 13.7. The highest BCUT2D eigenvalue weighted by atomic mass is 16.5. The summed E-state index contributed by atoms with van der Waals surface area (Å²) in [7, 11) is 1.46. The Labute approximate surface area is 172 Å². The van der Waals surface area contributed by atoms with Crippen LogP contribution in [0, 0.1) is 40.4 Å². The highest BCUT2D eigenvalue weighted by Gasteiger charge is 2.62. The lowest BCUT2D eigenvalue weighted by Crippen LogP contribution is -2.54. The Bertz CT molecular complexity index is 795. The molecule has 0 spiro atoms. The van der Waals surface area contributed by atoms with Crippen LogP contribution in [0.25, 0.3) is 0 Å². The summed E-state index contributed by atoms with van der Waals surface area (Å²) in [5.41, 5.74) is 0.976. The van der Waals surface area contributed by atoms with Crippen molar-refractivity contribution in [3.05, 3.63) is 23.8 Å². The van der Waals surface area contributed by atoms with Gasteiger partial charge in [0.2, 0.25) is 0 Å². The smallest absolute Gasteiger partial charge is 0.309 e. The van der Waals surface area contributed by atoms with Crippen molar-refractivity contribution in [1.82, 2.24) is 0 Å². The molecule has 4 rings (SSSR count). The maximum Gasteiger partial charge on any atom is 0.309 e. The molecular weight excluding hydrogens is 368 g/mol. The molecule has 0 aromatic rings. The van der Waals surface area contributed by atoms with Crippen LogP contribution in [-0.2, 0) is 19.1 Å². The lowest BCUT2D eigenvalue weighted by atomic mass is 9.45. The van der Waals surface area contributed by atoms with Crippen molar-refractivity contribution in [2.24, 2.45) is 40.4 Å². The molecule has 4 aliphatic carbocycles. The zero-order chi connectivity index (χ0) is 21.0. The van der Waals surface area contributed by atoms with Crippen molar-refractivity contribution >= 4 is 17.7 Å². The van der Waals surface area contributed by atoms with E-state index in [1.807, 2.05) is 0 Å². The van der Waals surface area contributed by atoms with Gasteiger partial charge in [-0.15, -0.1) is 0 Å². The summed E-state index contributed by atoms with van der Waals surface area (Å²) in [6, 6.07) is 0. The third-order valence-electron chi connectivity index (χ3n) is 9.02. The number of carboxylic acid groups (broad SMARTS) is 1. The van der Waals surface area contributed by atoms with Gasteiger partial charge in [-0.05, 0) is 79.8 Å². The van der Waals surface area contributed by atoms with Crippen LogP contribution in [0.1, 0.15) is 58.8 Å². The Morgan fingerprint density at radius 3 is 2.66 bits per heavy atom. The lowest BCUT2D eigenvalue weighted by Gasteiger charge is -2.59. The average Bonchev–Trinajstić information content (AvgIpc) is 3.02. The van der Waals surface area contributed by atoms with E-state index in [4.69, 9.17) is 4.74 Å². The number of rotatable bonds is 4. The molecule has 1 N–H and O–H groups in total.